The summed E-state index contributed by atoms with van der Waals surface area (Å²) < 4.78 is 12.3. The highest BCUT2D eigenvalue weighted by atomic mass is 32.2. The van der Waals surface area contributed by atoms with Gasteiger partial charge in [-0.3, -0.25) is 4.79 Å². The molecule has 0 spiro atoms. The summed E-state index contributed by atoms with van der Waals surface area (Å²) in [5.74, 6) is 1.54. The van der Waals surface area contributed by atoms with Gasteiger partial charge in [0.15, 0.2) is 11.5 Å². The summed E-state index contributed by atoms with van der Waals surface area (Å²) in [6.45, 7) is 3.04. The van der Waals surface area contributed by atoms with Gasteiger partial charge in [-0.05, 0) is 23.4 Å². The monoisotopic (exact) mass is 351 g/mol. The van der Waals surface area contributed by atoms with E-state index in [0.717, 1.165) is 5.56 Å². The number of methoxy groups -OCH3 is 2. The highest BCUT2D eigenvalue weighted by molar-refractivity contribution is 7.99. The van der Waals surface area contributed by atoms with Gasteiger partial charge in [-0.25, -0.2) is 4.68 Å². The predicted octanol–water partition coefficient (Wildman–Crippen LogP) is 1.46. The van der Waals surface area contributed by atoms with E-state index in [2.05, 4.69) is 15.5 Å². The van der Waals surface area contributed by atoms with E-state index in [1.165, 1.54) is 11.8 Å². The van der Waals surface area contributed by atoms with Gasteiger partial charge in [-0.2, -0.15) is 0 Å². The summed E-state index contributed by atoms with van der Waals surface area (Å²) in [7, 11) is 4.93. The SMILES string of the molecule is CCn1nnnc1SCC(=O)N(C)Cc1cccc(OC)c1OC. The molecule has 0 saturated carbocycles. The second kappa shape index (κ2) is 8.53. The first-order chi connectivity index (χ1) is 11.6. The van der Waals surface area contributed by atoms with Crippen LogP contribution in [0.5, 0.6) is 11.5 Å². The third-order valence-electron chi connectivity index (χ3n) is 3.44. The van der Waals surface area contributed by atoms with E-state index in [0.29, 0.717) is 29.7 Å². The smallest absolute Gasteiger partial charge is 0.233 e. The number of carbonyl (C=O) groups excluding carboxylic acids is 1. The van der Waals surface area contributed by atoms with Crippen molar-refractivity contribution < 1.29 is 14.3 Å². The number of aryl methyl sites for hydroxylation is 1. The summed E-state index contributed by atoms with van der Waals surface area (Å²) in [4.78, 5) is 14.0. The molecule has 24 heavy (non-hydrogen) atoms. The fourth-order valence-electron chi connectivity index (χ4n) is 2.16. The molecular formula is C15H21N5O3S. The highest BCUT2D eigenvalue weighted by Crippen LogP contribution is 2.31. The van der Waals surface area contributed by atoms with Gasteiger partial charge in [-0.15, -0.1) is 5.10 Å². The lowest BCUT2D eigenvalue weighted by atomic mass is 10.1. The maximum absolute atomic E-state index is 12.4. The van der Waals surface area contributed by atoms with Crippen molar-refractivity contribution in [2.75, 3.05) is 27.0 Å². The number of ether oxygens (including phenoxy) is 2. The van der Waals surface area contributed by atoms with Crippen molar-refractivity contribution in [2.45, 2.75) is 25.2 Å². The second-order valence-corrected chi connectivity index (χ2v) is 5.91. The molecule has 0 saturated heterocycles. The lowest BCUT2D eigenvalue weighted by Gasteiger charge is -2.19. The Morgan fingerprint density at radius 2 is 2.12 bits per heavy atom. The van der Waals surface area contributed by atoms with Crippen LogP contribution in [0.3, 0.4) is 0 Å². The topological polar surface area (TPSA) is 82.4 Å². The lowest BCUT2D eigenvalue weighted by Crippen LogP contribution is -2.28. The minimum Gasteiger partial charge on any atom is -0.493 e. The van der Waals surface area contributed by atoms with E-state index in [1.54, 1.807) is 30.8 Å². The molecule has 1 aromatic heterocycles. The van der Waals surface area contributed by atoms with Crippen molar-refractivity contribution in [3.8, 4) is 11.5 Å². The predicted molar refractivity (Wildman–Crippen MR) is 90.2 cm³/mol. The molecule has 0 atom stereocenters. The molecule has 0 aliphatic carbocycles. The van der Waals surface area contributed by atoms with E-state index < -0.39 is 0 Å². The Morgan fingerprint density at radius 3 is 2.79 bits per heavy atom. The number of rotatable bonds is 8. The number of hydrogen-bond acceptors (Lipinski definition) is 7. The molecule has 2 aromatic rings. The fraction of sp³-hybridized carbons (Fsp3) is 0.467. The van der Waals surface area contributed by atoms with Crippen LogP contribution in [0.25, 0.3) is 0 Å². The van der Waals surface area contributed by atoms with Crippen molar-refractivity contribution in [2.24, 2.45) is 0 Å². The number of benzene rings is 1. The van der Waals surface area contributed by atoms with Crippen LogP contribution >= 0.6 is 11.8 Å². The quantitative estimate of drug-likeness (QED) is 0.666. The third-order valence-corrected chi connectivity index (χ3v) is 4.38. The number of hydrogen-bond donors (Lipinski definition) is 0. The Morgan fingerprint density at radius 1 is 1.33 bits per heavy atom. The minimum atomic E-state index is -0.0180. The number of tetrazole rings is 1. The van der Waals surface area contributed by atoms with Crippen LogP contribution in [-0.4, -0.2) is 58.0 Å². The molecule has 9 heteroatoms. The zero-order valence-electron chi connectivity index (χ0n) is 14.2. The molecule has 0 radical (unpaired) electrons. The fourth-order valence-corrected chi connectivity index (χ4v) is 3.04. The lowest BCUT2D eigenvalue weighted by molar-refractivity contribution is -0.127. The first kappa shape index (κ1) is 18.1. The van der Waals surface area contributed by atoms with Crippen molar-refractivity contribution in [3.63, 3.8) is 0 Å². The van der Waals surface area contributed by atoms with Crippen molar-refractivity contribution in [1.82, 2.24) is 25.1 Å². The van der Waals surface area contributed by atoms with Crippen LogP contribution in [0.4, 0.5) is 0 Å². The summed E-state index contributed by atoms with van der Waals surface area (Å²) in [5, 5.41) is 12.0. The first-order valence-electron chi connectivity index (χ1n) is 7.43. The summed E-state index contributed by atoms with van der Waals surface area (Å²) in [6, 6.07) is 5.61. The van der Waals surface area contributed by atoms with Gasteiger partial charge in [0.25, 0.3) is 0 Å². The number of para-hydroxylation sites is 1. The van der Waals surface area contributed by atoms with Gasteiger partial charge < -0.3 is 14.4 Å². The van der Waals surface area contributed by atoms with Gasteiger partial charge in [0, 0.05) is 25.7 Å². The first-order valence-corrected chi connectivity index (χ1v) is 8.42. The highest BCUT2D eigenvalue weighted by Gasteiger charge is 2.16. The Labute approximate surface area is 145 Å². The summed E-state index contributed by atoms with van der Waals surface area (Å²) in [6.07, 6.45) is 0. The molecule has 1 amide bonds. The molecule has 0 unspecified atom stereocenters. The van der Waals surface area contributed by atoms with Crippen LogP contribution < -0.4 is 9.47 Å². The molecule has 1 heterocycles. The van der Waals surface area contributed by atoms with Crippen molar-refractivity contribution in [1.29, 1.82) is 0 Å². The third kappa shape index (κ3) is 4.16. The molecule has 1 aromatic carbocycles. The van der Waals surface area contributed by atoms with Crippen LogP contribution in [0.15, 0.2) is 23.4 Å². The standard InChI is InChI=1S/C15H21N5O3S/c1-5-20-15(16-17-18-20)24-10-13(21)19(2)9-11-7-6-8-12(22-3)14(11)23-4/h6-8H,5,9-10H2,1-4H3. The van der Waals surface area contributed by atoms with Crippen LogP contribution in [0, 0.1) is 0 Å². The average molecular weight is 351 g/mol. The van der Waals surface area contributed by atoms with E-state index in [-0.39, 0.29) is 11.7 Å². The van der Waals surface area contributed by atoms with E-state index in [4.69, 9.17) is 9.47 Å². The Bertz CT molecular complexity index is 691. The molecule has 0 aliphatic heterocycles. The molecule has 130 valence electrons. The van der Waals surface area contributed by atoms with Gasteiger partial charge in [-0.1, -0.05) is 23.9 Å². The molecule has 0 N–H and O–H groups in total. The minimum absolute atomic E-state index is 0.0180. The maximum atomic E-state index is 12.4. The van der Waals surface area contributed by atoms with E-state index in [1.807, 2.05) is 25.1 Å². The molecule has 0 bridgehead atoms. The average Bonchev–Trinajstić information content (AvgIpc) is 3.06. The number of aromatic nitrogens is 4. The second-order valence-electron chi connectivity index (χ2n) is 4.97. The van der Waals surface area contributed by atoms with Crippen LogP contribution in [0.2, 0.25) is 0 Å². The molecular weight excluding hydrogens is 330 g/mol. The van der Waals surface area contributed by atoms with Crippen LogP contribution in [-0.2, 0) is 17.9 Å². The van der Waals surface area contributed by atoms with E-state index in [9.17, 15) is 4.79 Å². The zero-order chi connectivity index (χ0) is 17.5. The number of carbonyl (C=O) groups is 1. The van der Waals surface area contributed by atoms with Crippen molar-refractivity contribution in [3.05, 3.63) is 23.8 Å². The van der Waals surface area contributed by atoms with Gasteiger partial charge in [0.1, 0.15) is 0 Å². The largest absolute Gasteiger partial charge is 0.493 e. The number of nitrogens with zero attached hydrogens (tertiary/aromatic N) is 5. The molecule has 2 rings (SSSR count). The molecule has 8 nitrogen and oxygen atoms in total. The van der Waals surface area contributed by atoms with Crippen molar-refractivity contribution >= 4 is 17.7 Å². The Hall–Kier alpha value is -2.29. The number of amides is 1. The van der Waals surface area contributed by atoms with Crippen LogP contribution in [0.1, 0.15) is 12.5 Å². The normalized spacial score (nSPS) is 10.5. The molecule has 0 aliphatic rings. The summed E-state index contributed by atoms with van der Waals surface area (Å²) >= 11 is 1.32. The van der Waals surface area contributed by atoms with Gasteiger partial charge >= 0.3 is 0 Å². The Kier molecular flexibility index (Phi) is 6.42. The van der Waals surface area contributed by atoms with Gasteiger partial charge in [0.05, 0.1) is 20.0 Å². The summed E-state index contributed by atoms with van der Waals surface area (Å²) in [5.41, 5.74) is 0.885. The molecule has 0 fully saturated rings. The van der Waals surface area contributed by atoms with E-state index >= 15 is 0 Å². The number of thioether (sulfide) groups is 1. The maximum Gasteiger partial charge on any atom is 0.233 e. The Balaban J connectivity index is 1.99. The zero-order valence-corrected chi connectivity index (χ0v) is 15.0. The van der Waals surface area contributed by atoms with Gasteiger partial charge in [0.2, 0.25) is 11.1 Å².